The molecule has 14 heavy (non-hydrogen) atoms. The van der Waals surface area contributed by atoms with Crippen LogP contribution in [0.25, 0.3) is 0 Å². The zero-order valence-electron chi connectivity index (χ0n) is 8.53. The highest BCUT2D eigenvalue weighted by Gasteiger charge is 1.94. The molecule has 1 aromatic rings. The molecule has 0 spiro atoms. The van der Waals surface area contributed by atoms with E-state index in [0.717, 1.165) is 31.5 Å². The van der Waals surface area contributed by atoms with Crippen LogP contribution in [0.2, 0.25) is 0 Å². The fraction of sp³-hybridized carbons (Fsp3) is 0.417. The minimum absolute atomic E-state index is 0.592. The van der Waals surface area contributed by atoms with Crippen molar-refractivity contribution >= 4 is 6.29 Å². The summed E-state index contributed by atoms with van der Waals surface area (Å²) < 4.78 is 5.45. The molecule has 2 nitrogen and oxygen atoms in total. The summed E-state index contributed by atoms with van der Waals surface area (Å²) in [6.07, 6.45) is 3.38. The van der Waals surface area contributed by atoms with Crippen LogP contribution in [0.4, 0.5) is 0 Å². The van der Waals surface area contributed by atoms with Crippen LogP contribution < -0.4 is 4.74 Å². The number of aldehydes is 1. The number of carbonyl (C=O) groups is 1. The van der Waals surface area contributed by atoms with Gasteiger partial charge in [-0.25, -0.2) is 0 Å². The standard InChI is InChI=1S/C12H16O2/c1-2-10-14-12-7-5-11(6-8-12)4-3-9-13/h5-9H,2-4,10H2,1H3. The van der Waals surface area contributed by atoms with Gasteiger partial charge in [0.15, 0.2) is 0 Å². The summed E-state index contributed by atoms with van der Waals surface area (Å²) in [5.74, 6) is 0.904. The molecule has 0 radical (unpaired) electrons. The number of hydrogen-bond donors (Lipinski definition) is 0. The van der Waals surface area contributed by atoms with E-state index in [2.05, 4.69) is 6.92 Å². The second kappa shape index (κ2) is 6.19. The molecule has 0 unspecified atom stereocenters. The van der Waals surface area contributed by atoms with Crippen molar-refractivity contribution < 1.29 is 9.53 Å². The van der Waals surface area contributed by atoms with Gasteiger partial charge < -0.3 is 9.53 Å². The summed E-state index contributed by atoms with van der Waals surface area (Å²) in [4.78, 5) is 10.2. The van der Waals surface area contributed by atoms with Crippen molar-refractivity contribution in [3.05, 3.63) is 29.8 Å². The van der Waals surface area contributed by atoms with E-state index in [1.54, 1.807) is 0 Å². The Morgan fingerprint density at radius 2 is 2.00 bits per heavy atom. The summed E-state index contributed by atoms with van der Waals surface area (Å²) in [5.41, 5.74) is 1.18. The first-order valence-electron chi connectivity index (χ1n) is 5.02. The van der Waals surface area contributed by atoms with Crippen molar-refractivity contribution in [3.63, 3.8) is 0 Å². The fourth-order valence-corrected chi connectivity index (χ4v) is 1.20. The molecule has 0 aliphatic heterocycles. The molecule has 76 valence electrons. The minimum Gasteiger partial charge on any atom is -0.494 e. The Hall–Kier alpha value is -1.31. The van der Waals surface area contributed by atoms with E-state index in [-0.39, 0.29) is 0 Å². The highest BCUT2D eigenvalue weighted by molar-refractivity contribution is 5.50. The quantitative estimate of drug-likeness (QED) is 0.647. The van der Waals surface area contributed by atoms with Gasteiger partial charge >= 0.3 is 0 Å². The molecule has 0 aliphatic rings. The number of aryl methyl sites for hydroxylation is 1. The Kier molecular flexibility index (Phi) is 4.76. The van der Waals surface area contributed by atoms with E-state index in [0.29, 0.717) is 6.42 Å². The SMILES string of the molecule is CCCOc1ccc(CCC=O)cc1. The molecule has 0 aromatic heterocycles. The lowest BCUT2D eigenvalue weighted by molar-refractivity contribution is -0.107. The monoisotopic (exact) mass is 192 g/mol. The van der Waals surface area contributed by atoms with Gasteiger partial charge in [-0.3, -0.25) is 0 Å². The van der Waals surface area contributed by atoms with Crippen LogP contribution >= 0.6 is 0 Å². The largest absolute Gasteiger partial charge is 0.494 e. The van der Waals surface area contributed by atoms with Gasteiger partial charge in [0.25, 0.3) is 0 Å². The Labute approximate surface area is 84.9 Å². The molecule has 0 saturated carbocycles. The maximum absolute atomic E-state index is 10.2. The van der Waals surface area contributed by atoms with Gasteiger partial charge in [-0.05, 0) is 30.5 Å². The highest BCUT2D eigenvalue weighted by Crippen LogP contribution is 2.13. The van der Waals surface area contributed by atoms with Crippen molar-refractivity contribution in [2.45, 2.75) is 26.2 Å². The van der Waals surface area contributed by atoms with Crippen molar-refractivity contribution in [3.8, 4) is 5.75 Å². The van der Waals surface area contributed by atoms with Gasteiger partial charge in [0, 0.05) is 6.42 Å². The van der Waals surface area contributed by atoms with E-state index >= 15 is 0 Å². The van der Waals surface area contributed by atoms with Gasteiger partial charge in [-0.15, -0.1) is 0 Å². The predicted octanol–water partition coefficient (Wildman–Crippen LogP) is 2.61. The topological polar surface area (TPSA) is 26.3 Å². The third kappa shape index (κ3) is 3.60. The summed E-state index contributed by atoms with van der Waals surface area (Å²) in [7, 11) is 0. The third-order valence-corrected chi connectivity index (χ3v) is 1.95. The van der Waals surface area contributed by atoms with Crippen molar-refractivity contribution in [2.24, 2.45) is 0 Å². The second-order valence-electron chi connectivity index (χ2n) is 3.20. The normalized spacial score (nSPS) is 9.79. The van der Waals surface area contributed by atoms with Gasteiger partial charge in [-0.2, -0.15) is 0 Å². The number of carbonyl (C=O) groups excluding carboxylic acids is 1. The van der Waals surface area contributed by atoms with E-state index in [1.165, 1.54) is 5.56 Å². The fourth-order valence-electron chi connectivity index (χ4n) is 1.20. The van der Waals surface area contributed by atoms with Crippen LogP contribution in [-0.4, -0.2) is 12.9 Å². The minimum atomic E-state index is 0.592. The third-order valence-electron chi connectivity index (χ3n) is 1.95. The molecular formula is C12H16O2. The lowest BCUT2D eigenvalue weighted by Crippen LogP contribution is -1.95. The van der Waals surface area contributed by atoms with Gasteiger partial charge in [0.05, 0.1) is 6.61 Å². The summed E-state index contributed by atoms with van der Waals surface area (Å²) in [5, 5.41) is 0. The van der Waals surface area contributed by atoms with E-state index in [4.69, 9.17) is 4.74 Å². The average molecular weight is 192 g/mol. The molecule has 0 atom stereocenters. The van der Waals surface area contributed by atoms with Crippen LogP contribution in [0.3, 0.4) is 0 Å². The molecule has 0 N–H and O–H groups in total. The average Bonchev–Trinajstić information content (AvgIpc) is 2.25. The number of benzene rings is 1. The molecule has 0 heterocycles. The zero-order chi connectivity index (χ0) is 10.2. The molecular weight excluding hydrogens is 176 g/mol. The maximum atomic E-state index is 10.2. The van der Waals surface area contributed by atoms with Gasteiger partial charge in [-0.1, -0.05) is 19.1 Å². The molecule has 0 aliphatic carbocycles. The number of hydrogen-bond acceptors (Lipinski definition) is 2. The molecule has 0 amide bonds. The van der Waals surface area contributed by atoms with Crippen LogP contribution in [0.15, 0.2) is 24.3 Å². The molecule has 0 bridgehead atoms. The van der Waals surface area contributed by atoms with Crippen LogP contribution in [0.5, 0.6) is 5.75 Å². The smallest absolute Gasteiger partial charge is 0.120 e. The van der Waals surface area contributed by atoms with Crippen molar-refractivity contribution in [2.75, 3.05) is 6.61 Å². The molecule has 1 rings (SSSR count). The second-order valence-corrected chi connectivity index (χ2v) is 3.20. The maximum Gasteiger partial charge on any atom is 0.120 e. The summed E-state index contributed by atoms with van der Waals surface area (Å²) in [6, 6.07) is 7.93. The first-order valence-corrected chi connectivity index (χ1v) is 5.02. The molecule has 1 aromatic carbocycles. The molecule has 0 saturated heterocycles. The predicted molar refractivity (Wildman–Crippen MR) is 56.6 cm³/mol. The van der Waals surface area contributed by atoms with Crippen LogP contribution in [0.1, 0.15) is 25.3 Å². The molecule has 2 heteroatoms. The Balaban J connectivity index is 2.46. The van der Waals surface area contributed by atoms with Gasteiger partial charge in [0.2, 0.25) is 0 Å². The highest BCUT2D eigenvalue weighted by atomic mass is 16.5. The lowest BCUT2D eigenvalue weighted by atomic mass is 10.1. The summed E-state index contributed by atoms with van der Waals surface area (Å²) in [6.45, 7) is 2.84. The molecule has 0 fully saturated rings. The lowest BCUT2D eigenvalue weighted by Gasteiger charge is -2.04. The van der Waals surface area contributed by atoms with Crippen LogP contribution in [0, 0.1) is 0 Å². The Morgan fingerprint density at radius 1 is 1.29 bits per heavy atom. The van der Waals surface area contributed by atoms with E-state index < -0.39 is 0 Å². The number of ether oxygens (including phenoxy) is 1. The Bertz CT molecular complexity index is 264. The Morgan fingerprint density at radius 3 is 2.57 bits per heavy atom. The van der Waals surface area contributed by atoms with Gasteiger partial charge in [0.1, 0.15) is 12.0 Å². The zero-order valence-corrected chi connectivity index (χ0v) is 8.53. The van der Waals surface area contributed by atoms with Crippen molar-refractivity contribution in [1.82, 2.24) is 0 Å². The van der Waals surface area contributed by atoms with E-state index in [1.807, 2.05) is 24.3 Å². The summed E-state index contributed by atoms with van der Waals surface area (Å²) >= 11 is 0. The number of rotatable bonds is 6. The van der Waals surface area contributed by atoms with E-state index in [9.17, 15) is 4.79 Å². The first kappa shape index (κ1) is 10.8. The first-order chi connectivity index (χ1) is 6.86. The van der Waals surface area contributed by atoms with Crippen molar-refractivity contribution in [1.29, 1.82) is 0 Å². The van der Waals surface area contributed by atoms with Crippen LogP contribution in [-0.2, 0) is 11.2 Å².